The number of hydrogen-bond donors (Lipinski definition) is 0. The normalized spacial score (nSPS) is 20.6. The van der Waals surface area contributed by atoms with E-state index in [0.717, 1.165) is 10.4 Å². The van der Waals surface area contributed by atoms with Crippen LogP contribution in [0.1, 0.15) is 34.6 Å². The highest BCUT2D eigenvalue weighted by molar-refractivity contribution is 7.57. The van der Waals surface area contributed by atoms with E-state index < -0.39 is 33.7 Å². The Hall–Kier alpha value is -1.63. The second-order valence-corrected chi connectivity index (χ2v) is 15.7. The number of rotatable bonds is 11. The number of benzene rings is 2. The Morgan fingerprint density at radius 3 is 1.82 bits per heavy atom. The van der Waals surface area contributed by atoms with Gasteiger partial charge in [-0.05, 0) is 29.3 Å². The van der Waals surface area contributed by atoms with Crippen molar-refractivity contribution in [1.82, 2.24) is 0 Å². The molecule has 1 aliphatic carbocycles. The molecule has 3 rings (SSSR count). The summed E-state index contributed by atoms with van der Waals surface area (Å²) in [5.74, 6) is -3.82. The molecule has 1 aliphatic rings. The van der Waals surface area contributed by atoms with Crippen LogP contribution in [-0.4, -0.2) is 34.1 Å². The Kier molecular flexibility index (Phi) is 8.36. The topological polar surface area (TPSA) is 44.8 Å². The maximum atomic E-state index is 14.8. The Labute approximate surface area is 203 Å². The van der Waals surface area contributed by atoms with Crippen molar-refractivity contribution in [2.75, 3.05) is 19.8 Å². The number of halogens is 2. The number of allylic oxidation sites excluding steroid dienone is 1. The first kappa shape index (κ1) is 27.0. The van der Waals surface area contributed by atoms with Gasteiger partial charge in [0.25, 0.3) is 14.2 Å². The Morgan fingerprint density at radius 2 is 1.41 bits per heavy atom. The minimum Gasteiger partial charge on any atom is -0.407 e. The van der Waals surface area contributed by atoms with Crippen LogP contribution in [0.25, 0.3) is 0 Å². The summed E-state index contributed by atoms with van der Waals surface area (Å²) in [5, 5.41) is 1.79. The molecule has 34 heavy (non-hydrogen) atoms. The lowest BCUT2D eigenvalue weighted by Crippen LogP contribution is -2.66. The molecule has 0 bridgehead atoms. The molecule has 0 aliphatic heterocycles. The average Bonchev–Trinajstić information content (AvgIpc) is 3.32. The van der Waals surface area contributed by atoms with E-state index in [9.17, 15) is 13.3 Å². The van der Waals surface area contributed by atoms with Gasteiger partial charge in [0, 0.05) is 12.4 Å². The molecule has 0 saturated heterocycles. The van der Waals surface area contributed by atoms with Crippen LogP contribution in [0.3, 0.4) is 0 Å². The van der Waals surface area contributed by atoms with Gasteiger partial charge in [-0.2, -0.15) is 0 Å². The first-order valence-electron chi connectivity index (χ1n) is 11.7. The third-order valence-electron chi connectivity index (χ3n) is 6.25. The summed E-state index contributed by atoms with van der Waals surface area (Å²) in [6, 6.07) is 19.9. The molecule has 2 aromatic carbocycles. The summed E-state index contributed by atoms with van der Waals surface area (Å²) in [7, 11) is -6.45. The summed E-state index contributed by atoms with van der Waals surface area (Å²) in [6.07, 6.45) is 1.28. The molecule has 0 spiro atoms. The molecule has 4 nitrogen and oxygen atoms in total. The van der Waals surface area contributed by atoms with E-state index in [0.29, 0.717) is 0 Å². The van der Waals surface area contributed by atoms with Gasteiger partial charge in [0.05, 0.1) is 25.0 Å². The van der Waals surface area contributed by atoms with E-state index in [1.165, 1.54) is 11.9 Å². The molecule has 8 heteroatoms. The van der Waals surface area contributed by atoms with Gasteiger partial charge < -0.3 is 13.5 Å². The predicted molar refractivity (Wildman–Crippen MR) is 135 cm³/mol. The molecule has 0 N–H and O–H groups in total. The number of hydrogen-bond acceptors (Lipinski definition) is 4. The molecular weight excluding hydrogens is 473 g/mol. The molecule has 2 unspecified atom stereocenters. The summed E-state index contributed by atoms with van der Waals surface area (Å²) in [5.41, 5.74) is 0. The van der Waals surface area contributed by atoms with E-state index >= 15 is 0 Å². The molecule has 0 heterocycles. The highest BCUT2D eigenvalue weighted by Gasteiger charge is 2.67. The van der Waals surface area contributed by atoms with Crippen molar-refractivity contribution in [2.45, 2.75) is 45.6 Å². The van der Waals surface area contributed by atoms with Crippen LogP contribution in [0.2, 0.25) is 5.04 Å². The largest absolute Gasteiger partial charge is 0.407 e. The van der Waals surface area contributed by atoms with E-state index in [2.05, 4.69) is 20.8 Å². The SMILES string of the molecule is CCOP(=O)(/C=C/C1C(CO[Si](c2ccccc2)(c2ccccc2)C(C)(C)C)C1(F)F)OCC. The van der Waals surface area contributed by atoms with Crippen molar-refractivity contribution < 1.29 is 26.8 Å². The van der Waals surface area contributed by atoms with Gasteiger partial charge in [0.2, 0.25) is 0 Å². The monoisotopic (exact) mass is 508 g/mol. The minimum atomic E-state index is -3.54. The fraction of sp³-hybridized carbons (Fsp3) is 0.462. The fourth-order valence-corrected chi connectivity index (χ4v) is 10.5. The zero-order valence-corrected chi connectivity index (χ0v) is 22.4. The second kappa shape index (κ2) is 10.5. The average molecular weight is 509 g/mol. The van der Waals surface area contributed by atoms with Crippen LogP contribution < -0.4 is 10.4 Å². The van der Waals surface area contributed by atoms with Gasteiger partial charge in [-0.15, -0.1) is 0 Å². The molecule has 2 aromatic rings. The van der Waals surface area contributed by atoms with E-state index in [1.807, 2.05) is 60.7 Å². The third-order valence-corrected chi connectivity index (χ3v) is 13.0. The molecule has 0 aromatic heterocycles. The molecule has 0 amide bonds. The second-order valence-electron chi connectivity index (χ2n) is 9.50. The van der Waals surface area contributed by atoms with Crippen molar-refractivity contribution in [3.8, 4) is 0 Å². The first-order valence-corrected chi connectivity index (χ1v) is 15.2. The minimum absolute atomic E-state index is 0.0944. The van der Waals surface area contributed by atoms with Crippen LogP contribution in [0, 0.1) is 11.8 Å². The Morgan fingerprint density at radius 1 is 0.941 bits per heavy atom. The predicted octanol–water partition coefficient (Wildman–Crippen LogP) is 6.22. The first-order chi connectivity index (χ1) is 16.0. The van der Waals surface area contributed by atoms with Crippen LogP contribution in [-0.2, 0) is 18.0 Å². The summed E-state index contributed by atoms with van der Waals surface area (Å²) < 4.78 is 59.4. The van der Waals surface area contributed by atoms with E-state index in [1.54, 1.807) is 13.8 Å². The molecular formula is C26H35F2O4PSi. The maximum absolute atomic E-state index is 14.8. The number of alkyl halides is 2. The third kappa shape index (κ3) is 5.44. The van der Waals surface area contributed by atoms with Crippen molar-refractivity contribution in [1.29, 1.82) is 0 Å². The lowest BCUT2D eigenvalue weighted by molar-refractivity contribution is 0.0780. The van der Waals surface area contributed by atoms with Crippen LogP contribution in [0.15, 0.2) is 72.6 Å². The van der Waals surface area contributed by atoms with Crippen molar-refractivity contribution in [3.63, 3.8) is 0 Å². The standard InChI is InChI=1S/C26H35F2O4PSi/c1-6-30-33(29,31-7-2)19-18-23-24(26(23,27)28)20-32-34(25(3,4)5,21-14-10-8-11-15-21)22-16-12-9-13-17-22/h8-19,23-24H,6-7,20H2,1-5H3/b19-18+. The van der Waals surface area contributed by atoms with Gasteiger partial charge in [-0.25, -0.2) is 8.78 Å². The highest BCUT2D eigenvalue weighted by atomic mass is 31.2. The zero-order valence-electron chi connectivity index (χ0n) is 20.5. The molecule has 0 radical (unpaired) electrons. The zero-order chi connectivity index (χ0) is 25.0. The van der Waals surface area contributed by atoms with Crippen LogP contribution >= 0.6 is 7.60 Å². The molecule has 1 saturated carbocycles. The van der Waals surface area contributed by atoms with Crippen LogP contribution in [0.5, 0.6) is 0 Å². The summed E-state index contributed by atoms with van der Waals surface area (Å²) in [6.45, 7) is 9.96. The van der Waals surface area contributed by atoms with E-state index in [4.69, 9.17) is 13.5 Å². The quantitative estimate of drug-likeness (QED) is 0.267. The molecule has 1 fully saturated rings. The van der Waals surface area contributed by atoms with Crippen molar-refractivity contribution in [3.05, 3.63) is 72.6 Å². The van der Waals surface area contributed by atoms with Gasteiger partial charge in [0.1, 0.15) is 0 Å². The van der Waals surface area contributed by atoms with E-state index in [-0.39, 0.29) is 24.9 Å². The van der Waals surface area contributed by atoms with Gasteiger partial charge in [-0.1, -0.05) is 87.5 Å². The van der Waals surface area contributed by atoms with Gasteiger partial charge in [-0.3, -0.25) is 4.57 Å². The molecule has 186 valence electrons. The van der Waals surface area contributed by atoms with Crippen molar-refractivity contribution >= 4 is 26.3 Å². The maximum Gasteiger partial charge on any atom is 0.353 e. The highest BCUT2D eigenvalue weighted by Crippen LogP contribution is 2.59. The van der Waals surface area contributed by atoms with Crippen LogP contribution in [0.4, 0.5) is 8.78 Å². The molecule has 2 atom stereocenters. The van der Waals surface area contributed by atoms with Gasteiger partial charge in [0.15, 0.2) is 0 Å². The Bertz CT molecular complexity index is 959. The fourth-order valence-electron chi connectivity index (χ4n) is 4.55. The summed E-state index contributed by atoms with van der Waals surface area (Å²) >= 11 is 0. The smallest absolute Gasteiger partial charge is 0.353 e. The lowest BCUT2D eigenvalue weighted by Gasteiger charge is -2.43. The lowest BCUT2D eigenvalue weighted by atomic mass is 10.2. The van der Waals surface area contributed by atoms with Gasteiger partial charge >= 0.3 is 7.60 Å². The Balaban J connectivity index is 1.90. The summed E-state index contributed by atoms with van der Waals surface area (Å²) in [4.78, 5) is 0. The van der Waals surface area contributed by atoms with Crippen molar-refractivity contribution in [2.24, 2.45) is 11.8 Å².